The van der Waals surface area contributed by atoms with E-state index in [4.69, 9.17) is 11.6 Å². The van der Waals surface area contributed by atoms with E-state index in [1.807, 2.05) is 30.5 Å². The molecular formula is C20H29ClN4. The molecule has 1 aromatic carbocycles. The molecule has 0 aliphatic heterocycles. The van der Waals surface area contributed by atoms with Crippen molar-refractivity contribution in [2.75, 3.05) is 45.6 Å². The first kappa shape index (κ1) is 18.4. The molecule has 1 heterocycles. The van der Waals surface area contributed by atoms with Gasteiger partial charge in [0.25, 0.3) is 0 Å². The van der Waals surface area contributed by atoms with Crippen LogP contribution in [0.15, 0.2) is 30.5 Å². The van der Waals surface area contributed by atoms with E-state index >= 15 is 0 Å². The van der Waals surface area contributed by atoms with Gasteiger partial charge in [0.05, 0.1) is 5.52 Å². The molecule has 1 aliphatic carbocycles. The fourth-order valence-electron chi connectivity index (χ4n) is 3.94. The number of anilines is 1. The van der Waals surface area contributed by atoms with Crippen LogP contribution < -0.4 is 10.6 Å². The lowest BCUT2D eigenvalue weighted by Gasteiger charge is -2.23. The van der Waals surface area contributed by atoms with Gasteiger partial charge in [0.2, 0.25) is 0 Å². The van der Waals surface area contributed by atoms with Crippen molar-refractivity contribution >= 4 is 28.2 Å². The smallest absolute Gasteiger partial charge is 0.0737 e. The quantitative estimate of drug-likeness (QED) is 0.701. The summed E-state index contributed by atoms with van der Waals surface area (Å²) in [4.78, 5) is 6.71. The van der Waals surface area contributed by atoms with Gasteiger partial charge in [0, 0.05) is 41.9 Å². The highest BCUT2D eigenvalue weighted by atomic mass is 35.5. The molecule has 136 valence electrons. The van der Waals surface area contributed by atoms with Crippen LogP contribution in [0, 0.1) is 11.8 Å². The molecule has 4 nitrogen and oxygen atoms in total. The summed E-state index contributed by atoms with van der Waals surface area (Å²) in [5, 5.41) is 9.01. The molecule has 0 bridgehead atoms. The minimum absolute atomic E-state index is 0.725. The predicted octanol–water partition coefficient (Wildman–Crippen LogP) is 3.87. The highest BCUT2D eigenvalue weighted by molar-refractivity contribution is 6.31. The van der Waals surface area contributed by atoms with Crippen LogP contribution in [-0.4, -0.2) is 50.2 Å². The predicted molar refractivity (Wildman–Crippen MR) is 107 cm³/mol. The third-order valence-electron chi connectivity index (χ3n) is 5.14. The van der Waals surface area contributed by atoms with E-state index in [9.17, 15) is 0 Å². The summed E-state index contributed by atoms with van der Waals surface area (Å²) in [6.07, 6.45) is 5.97. The van der Waals surface area contributed by atoms with E-state index in [0.717, 1.165) is 53.1 Å². The normalized spacial score (nSPS) is 20.5. The van der Waals surface area contributed by atoms with Gasteiger partial charge in [-0.05, 0) is 69.6 Å². The maximum Gasteiger partial charge on any atom is 0.0737 e. The summed E-state index contributed by atoms with van der Waals surface area (Å²) in [5.41, 5.74) is 2.05. The molecule has 2 atom stereocenters. The van der Waals surface area contributed by atoms with E-state index in [-0.39, 0.29) is 0 Å². The van der Waals surface area contributed by atoms with Crippen molar-refractivity contribution < 1.29 is 0 Å². The van der Waals surface area contributed by atoms with Crippen molar-refractivity contribution in [2.45, 2.75) is 19.3 Å². The number of nitrogens with zero attached hydrogens (tertiary/aromatic N) is 2. The number of nitrogens with one attached hydrogen (secondary N) is 2. The van der Waals surface area contributed by atoms with E-state index in [2.05, 4.69) is 34.6 Å². The Hall–Kier alpha value is -1.36. The zero-order chi connectivity index (χ0) is 17.6. The maximum atomic E-state index is 6.05. The Morgan fingerprint density at radius 3 is 2.84 bits per heavy atom. The molecule has 25 heavy (non-hydrogen) atoms. The monoisotopic (exact) mass is 360 g/mol. The van der Waals surface area contributed by atoms with Crippen LogP contribution in [0.25, 0.3) is 10.9 Å². The van der Waals surface area contributed by atoms with Crippen molar-refractivity contribution in [1.29, 1.82) is 0 Å². The third-order valence-corrected chi connectivity index (χ3v) is 5.38. The van der Waals surface area contributed by atoms with Gasteiger partial charge in [-0.25, -0.2) is 0 Å². The third kappa shape index (κ3) is 5.06. The van der Waals surface area contributed by atoms with E-state index in [1.165, 1.54) is 25.8 Å². The first-order chi connectivity index (χ1) is 12.1. The molecule has 2 unspecified atom stereocenters. The Morgan fingerprint density at radius 2 is 2.00 bits per heavy atom. The molecule has 3 rings (SSSR count). The minimum Gasteiger partial charge on any atom is -0.383 e. The average molecular weight is 361 g/mol. The van der Waals surface area contributed by atoms with Crippen LogP contribution in [0.1, 0.15) is 19.3 Å². The lowest BCUT2D eigenvalue weighted by atomic mass is 9.95. The van der Waals surface area contributed by atoms with Crippen LogP contribution in [0.3, 0.4) is 0 Å². The summed E-state index contributed by atoms with van der Waals surface area (Å²) >= 11 is 6.05. The summed E-state index contributed by atoms with van der Waals surface area (Å²) in [6, 6.07) is 7.89. The molecule has 0 radical (unpaired) electrons. The Balaban J connectivity index is 1.45. The number of rotatable bonds is 8. The van der Waals surface area contributed by atoms with Gasteiger partial charge in [-0.1, -0.05) is 18.0 Å². The number of hydrogen-bond donors (Lipinski definition) is 2. The number of halogens is 1. The van der Waals surface area contributed by atoms with Crippen molar-refractivity contribution in [1.82, 2.24) is 15.2 Å². The van der Waals surface area contributed by atoms with Crippen LogP contribution in [0.4, 0.5) is 5.69 Å². The zero-order valence-corrected chi connectivity index (χ0v) is 16.0. The molecule has 1 fully saturated rings. The fraction of sp³-hybridized carbons (Fsp3) is 0.550. The number of hydrogen-bond acceptors (Lipinski definition) is 4. The van der Waals surface area contributed by atoms with Crippen molar-refractivity contribution in [2.24, 2.45) is 11.8 Å². The van der Waals surface area contributed by atoms with Gasteiger partial charge >= 0.3 is 0 Å². The SMILES string of the molecule is CN(C)CC1CCCC1CNCCNc1ccnc2cc(Cl)ccc12. The molecule has 1 aromatic heterocycles. The molecule has 0 amide bonds. The summed E-state index contributed by atoms with van der Waals surface area (Å²) in [7, 11) is 4.36. The second kappa shape index (κ2) is 8.84. The lowest BCUT2D eigenvalue weighted by Crippen LogP contribution is -2.32. The molecule has 5 heteroatoms. The number of aromatic nitrogens is 1. The lowest BCUT2D eigenvalue weighted by molar-refractivity contribution is 0.269. The Bertz CT molecular complexity index is 688. The van der Waals surface area contributed by atoms with E-state index in [1.54, 1.807) is 0 Å². The van der Waals surface area contributed by atoms with Crippen LogP contribution >= 0.6 is 11.6 Å². The van der Waals surface area contributed by atoms with Gasteiger partial charge in [-0.2, -0.15) is 0 Å². The molecule has 1 saturated carbocycles. The standard InChI is InChI=1S/C20H29ClN4/c1-25(2)14-16-5-3-4-15(16)13-22-10-11-24-19-8-9-23-20-12-17(21)6-7-18(19)20/h6-9,12,15-16,22H,3-5,10-11,13-14H2,1-2H3,(H,23,24). The molecule has 0 saturated heterocycles. The van der Waals surface area contributed by atoms with Crippen LogP contribution in [0.2, 0.25) is 5.02 Å². The van der Waals surface area contributed by atoms with Crippen molar-refractivity contribution in [3.05, 3.63) is 35.5 Å². The first-order valence-corrected chi connectivity index (χ1v) is 9.65. The number of pyridine rings is 1. The number of fused-ring (bicyclic) bond motifs is 1. The summed E-state index contributed by atoms with van der Waals surface area (Å²) < 4.78 is 0. The van der Waals surface area contributed by atoms with Gasteiger partial charge in [0.1, 0.15) is 0 Å². The van der Waals surface area contributed by atoms with Crippen LogP contribution in [-0.2, 0) is 0 Å². The van der Waals surface area contributed by atoms with Gasteiger partial charge in [-0.3, -0.25) is 4.98 Å². The second-order valence-electron chi connectivity index (χ2n) is 7.36. The Morgan fingerprint density at radius 1 is 1.16 bits per heavy atom. The largest absolute Gasteiger partial charge is 0.383 e. The average Bonchev–Trinajstić information content (AvgIpc) is 3.00. The Kier molecular flexibility index (Phi) is 6.51. The molecule has 2 aromatic rings. The van der Waals surface area contributed by atoms with Gasteiger partial charge in [-0.15, -0.1) is 0 Å². The topological polar surface area (TPSA) is 40.2 Å². The molecule has 1 aliphatic rings. The second-order valence-corrected chi connectivity index (χ2v) is 7.80. The van der Waals surface area contributed by atoms with Crippen molar-refractivity contribution in [3.63, 3.8) is 0 Å². The zero-order valence-electron chi connectivity index (χ0n) is 15.3. The van der Waals surface area contributed by atoms with Crippen molar-refractivity contribution in [3.8, 4) is 0 Å². The minimum atomic E-state index is 0.725. The summed E-state index contributed by atoms with van der Waals surface area (Å²) in [5.74, 6) is 1.68. The van der Waals surface area contributed by atoms with Gasteiger partial charge in [0.15, 0.2) is 0 Å². The fourth-order valence-corrected chi connectivity index (χ4v) is 4.11. The summed E-state index contributed by atoms with van der Waals surface area (Å²) in [6.45, 7) is 4.23. The van der Waals surface area contributed by atoms with Gasteiger partial charge < -0.3 is 15.5 Å². The molecule has 2 N–H and O–H groups in total. The number of benzene rings is 1. The highest BCUT2D eigenvalue weighted by Gasteiger charge is 2.26. The molecular weight excluding hydrogens is 332 g/mol. The van der Waals surface area contributed by atoms with E-state index in [0.29, 0.717) is 0 Å². The maximum absolute atomic E-state index is 6.05. The van der Waals surface area contributed by atoms with E-state index < -0.39 is 0 Å². The highest BCUT2D eigenvalue weighted by Crippen LogP contribution is 2.31. The van der Waals surface area contributed by atoms with Crippen LogP contribution in [0.5, 0.6) is 0 Å². The Labute approximate surface area is 156 Å². The first-order valence-electron chi connectivity index (χ1n) is 9.27. The molecule has 0 spiro atoms.